The number of benzene rings is 3. The van der Waals surface area contributed by atoms with Crippen LogP contribution in [0.5, 0.6) is 17.2 Å². The van der Waals surface area contributed by atoms with Crippen molar-refractivity contribution in [3.05, 3.63) is 88.4 Å². The maximum absolute atomic E-state index is 12.5. The molecule has 0 radical (unpaired) electrons. The Balaban J connectivity index is 1.73. The summed E-state index contributed by atoms with van der Waals surface area (Å²) in [5.74, 6) is 0.725. The number of allylic oxidation sites excluding steroid dienone is 1. The second-order valence-electron chi connectivity index (χ2n) is 8.60. The molecule has 0 heterocycles. The van der Waals surface area contributed by atoms with Crippen LogP contribution in [0.15, 0.2) is 66.7 Å². The van der Waals surface area contributed by atoms with Gasteiger partial charge in [0.05, 0.1) is 18.8 Å². The first-order chi connectivity index (χ1) is 16.2. The number of carbonyl (C=O) groups is 1. The third kappa shape index (κ3) is 6.40. The minimum absolute atomic E-state index is 0.124. The van der Waals surface area contributed by atoms with E-state index in [1.807, 2.05) is 24.3 Å². The highest BCUT2D eigenvalue weighted by molar-refractivity contribution is 6.30. The van der Waals surface area contributed by atoms with Crippen LogP contribution in [0, 0.1) is 11.3 Å². The van der Waals surface area contributed by atoms with Crippen LogP contribution in [-0.2, 0) is 10.2 Å². The van der Waals surface area contributed by atoms with Gasteiger partial charge in [-0.05, 0) is 58.5 Å². The molecule has 0 N–H and O–H groups in total. The fourth-order valence-corrected chi connectivity index (χ4v) is 3.46. The Hall–Kier alpha value is -3.75. The zero-order valence-corrected chi connectivity index (χ0v) is 20.3. The maximum atomic E-state index is 12.5. The molecule has 0 amide bonds. The number of nitriles is 1. The number of carbonyl (C=O) groups excluding carboxylic acids is 1. The summed E-state index contributed by atoms with van der Waals surface area (Å²) in [6.07, 6.45) is 1.73. The Kier molecular flexibility index (Phi) is 7.99. The van der Waals surface area contributed by atoms with Crippen molar-refractivity contribution in [3.63, 3.8) is 0 Å². The Morgan fingerprint density at radius 1 is 1.00 bits per heavy atom. The standard InChI is InChI=1S/C28H26ClNO4/c1-28(2,3)23-7-5-6-8-24(23)33-18-27(31)34-25-14-9-19(16-26(25)32-4)15-21(17-30)20-10-12-22(29)13-11-20/h5-16H,18H2,1-4H3/b21-15+. The molecule has 0 unspecified atom stereocenters. The predicted octanol–water partition coefficient (Wildman–Crippen LogP) is 6.69. The van der Waals surface area contributed by atoms with Gasteiger partial charge < -0.3 is 14.2 Å². The molecule has 0 aliphatic heterocycles. The van der Waals surface area contributed by atoms with Gasteiger partial charge in [-0.3, -0.25) is 0 Å². The van der Waals surface area contributed by atoms with Gasteiger partial charge in [-0.1, -0.05) is 68.8 Å². The second-order valence-corrected chi connectivity index (χ2v) is 9.03. The lowest BCUT2D eigenvalue weighted by atomic mass is 9.86. The summed E-state index contributed by atoms with van der Waals surface area (Å²) >= 11 is 5.93. The van der Waals surface area contributed by atoms with E-state index >= 15 is 0 Å². The molecule has 0 atom stereocenters. The van der Waals surface area contributed by atoms with Crippen molar-refractivity contribution in [2.45, 2.75) is 26.2 Å². The van der Waals surface area contributed by atoms with Crippen molar-refractivity contribution >= 4 is 29.2 Å². The van der Waals surface area contributed by atoms with Crippen LogP contribution < -0.4 is 14.2 Å². The minimum atomic E-state index is -0.552. The molecule has 0 spiro atoms. The number of methoxy groups -OCH3 is 1. The van der Waals surface area contributed by atoms with Crippen LogP contribution in [0.2, 0.25) is 5.02 Å². The number of ether oxygens (including phenoxy) is 3. The molecule has 0 saturated carbocycles. The van der Waals surface area contributed by atoms with Crippen LogP contribution in [0.1, 0.15) is 37.5 Å². The van der Waals surface area contributed by atoms with E-state index in [2.05, 4.69) is 26.8 Å². The monoisotopic (exact) mass is 475 g/mol. The van der Waals surface area contributed by atoms with Crippen molar-refractivity contribution in [1.29, 1.82) is 5.26 Å². The van der Waals surface area contributed by atoms with Crippen molar-refractivity contribution in [2.75, 3.05) is 13.7 Å². The van der Waals surface area contributed by atoms with E-state index < -0.39 is 5.97 Å². The molecule has 3 aromatic rings. The Labute approximate surface area is 205 Å². The molecule has 0 aliphatic rings. The normalized spacial score (nSPS) is 11.5. The molecular weight excluding hydrogens is 450 g/mol. The molecule has 3 rings (SSSR count). The van der Waals surface area contributed by atoms with Crippen molar-refractivity contribution in [3.8, 4) is 23.3 Å². The van der Waals surface area contributed by atoms with Crippen LogP contribution in [0.3, 0.4) is 0 Å². The van der Waals surface area contributed by atoms with E-state index in [1.54, 1.807) is 48.5 Å². The summed E-state index contributed by atoms with van der Waals surface area (Å²) in [5.41, 5.74) is 2.81. The number of hydrogen-bond acceptors (Lipinski definition) is 5. The van der Waals surface area contributed by atoms with E-state index in [1.165, 1.54) is 7.11 Å². The average molecular weight is 476 g/mol. The molecule has 0 aliphatic carbocycles. The first-order valence-corrected chi connectivity index (χ1v) is 11.1. The van der Waals surface area contributed by atoms with Crippen molar-refractivity contribution in [1.82, 2.24) is 0 Å². The van der Waals surface area contributed by atoms with Gasteiger partial charge in [0.2, 0.25) is 0 Å². The van der Waals surface area contributed by atoms with E-state index in [0.717, 1.165) is 16.7 Å². The summed E-state index contributed by atoms with van der Waals surface area (Å²) in [7, 11) is 1.49. The van der Waals surface area contributed by atoms with Crippen LogP contribution >= 0.6 is 11.6 Å². The largest absolute Gasteiger partial charge is 0.493 e. The van der Waals surface area contributed by atoms with Gasteiger partial charge in [0.25, 0.3) is 0 Å². The topological polar surface area (TPSA) is 68.5 Å². The fourth-order valence-electron chi connectivity index (χ4n) is 3.34. The first-order valence-electron chi connectivity index (χ1n) is 10.7. The Morgan fingerprint density at radius 2 is 1.71 bits per heavy atom. The van der Waals surface area contributed by atoms with Gasteiger partial charge in [-0.25, -0.2) is 4.79 Å². The van der Waals surface area contributed by atoms with E-state index in [0.29, 0.717) is 22.1 Å². The highest BCUT2D eigenvalue weighted by Crippen LogP contribution is 2.32. The van der Waals surface area contributed by atoms with Gasteiger partial charge in [0.15, 0.2) is 18.1 Å². The molecule has 5 nitrogen and oxygen atoms in total. The minimum Gasteiger partial charge on any atom is -0.493 e. The SMILES string of the molecule is COc1cc(/C=C(\C#N)c2ccc(Cl)cc2)ccc1OC(=O)COc1ccccc1C(C)(C)C. The number of halogens is 1. The molecule has 0 fully saturated rings. The van der Waals surface area contributed by atoms with Crippen LogP contribution in [0.4, 0.5) is 0 Å². The van der Waals surface area contributed by atoms with E-state index in [-0.39, 0.29) is 17.8 Å². The highest BCUT2D eigenvalue weighted by atomic mass is 35.5. The van der Waals surface area contributed by atoms with Crippen molar-refractivity contribution in [2.24, 2.45) is 0 Å². The zero-order chi connectivity index (χ0) is 24.7. The summed E-state index contributed by atoms with van der Waals surface area (Å²) in [4.78, 5) is 12.5. The highest BCUT2D eigenvalue weighted by Gasteiger charge is 2.19. The summed E-state index contributed by atoms with van der Waals surface area (Å²) in [6, 6.07) is 21.9. The van der Waals surface area contributed by atoms with Crippen molar-refractivity contribution < 1.29 is 19.0 Å². The number of hydrogen-bond donors (Lipinski definition) is 0. The lowest BCUT2D eigenvalue weighted by Gasteiger charge is -2.22. The van der Waals surface area contributed by atoms with E-state index in [4.69, 9.17) is 25.8 Å². The molecular formula is C28H26ClNO4. The van der Waals surface area contributed by atoms with Gasteiger partial charge in [-0.15, -0.1) is 0 Å². The van der Waals surface area contributed by atoms with Gasteiger partial charge in [0.1, 0.15) is 5.75 Å². The third-order valence-electron chi connectivity index (χ3n) is 5.04. The first kappa shape index (κ1) is 24.9. The number of para-hydroxylation sites is 1. The quantitative estimate of drug-likeness (QED) is 0.165. The molecule has 174 valence electrons. The summed E-state index contributed by atoms with van der Waals surface area (Å²) < 4.78 is 16.6. The number of rotatable bonds is 7. The molecule has 0 saturated heterocycles. The summed E-state index contributed by atoms with van der Waals surface area (Å²) in [5, 5.41) is 10.2. The van der Waals surface area contributed by atoms with Gasteiger partial charge >= 0.3 is 5.97 Å². The van der Waals surface area contributed by atoms with Gasteiger partial charge in [-0.2, -0.15) is 5.26 Å². The molecule has 0 aromatic heterocycles. The van der Waals surface area contributed by atoms with Gasteiger partial charge in [0, 0.05) is 5.02 Å². The van der Waals surface area contributed by atoms with Crippen LogP contribution in [0.25, 0.3) is 11.6 Å². The molecule has 6 heteroatoms. The lowest BCUT2D eigenvalue weighted by Crippen LogP contribution is -2.20. The summed E-state index contributed by atoms with van der Waals surface area (Å²) in [6.45, 7) is 6.00. The molecule has 34 heavy (non-hydrogen) atoms. The van der Waals surface area contributed by atoms with E-state index in [9.17, 15) is 10.1 Å². The van der Waals surface area contributed by atoms with Crippen LogP contribution in [-0.4, -0.2) is 19.7 Å². The number of esters is 1. The third-order valence-corrected chi connectivity index (χ3v) is 5.29. The Morgan fingerprint density at radius 3 is 2.35 bits per heavy atom. The predicted molar refractivity (Wildman–Crippen MR) is 134 cm³/mol. The fraction of sp³-hybridized carbons (Fsp3) is 0.214. The smallest absolute Gasteiger partial charge is 0.349 e. The molecule has 3 aromatic carbocycles. The molecule has 0 bridgehead atoms. The maximum Gasteiger partial charge on any atom is 0.349 e. The lowest BCUT2D eigenvalue weighted by molar-refractivity contribution is -0.136. The second kappa shape index (κ2) is 10.9. The number of nitrogens with zero attached hydrogens (tertiary/aromatic N) is 1. The Bertz CT molecular complexity index is 1230. The zero-order valence-electron chi connectivity index (χ0n) is 19.6. The average Bonchev–Trinajstić information content (AvgIpc) is 2.82.